The number of ether oxygens (including phenoxy) is 1. The van der Waals surface area contributed by atoms with Gasteiger partial charge in [0.25, 0.3) is 0 Å². The van der Waals surface area contributed by atoms with Gasteiger partial charge in [-0.2, -0.15) is 0 Å². The first-order valence-corrected chi connectivity index (χ1v) is 5.72. The van der Waals surface area contributed by atoms with Crippen molar-refractivity contribution >= 4 is 5.97 Å². The molecule has 92 valence electrons. The number of benzene rings is 1. The zero-order valence-corrected chi connectivity index (χ0v) is 10.2. The smallest absolute Gasteiger partial charge is 0.333 e. The maximum absolute atomic E-state index is 11.3. The molecule has 1 aromatic carbocycles. The lowest BCUT2D eigenvalue weighted by Gasteiger charge is -2.08. The van der Waals surface area contributed by atoms with E-state index in [9.17, 15) is 9.90 Å². The molecule has 3 nitrogen and oxygen atoms in total. The SMILES string of the molecule is CCOC(=O)/C(C)=C/C[C@@H](O)c1ccccc1. The van der Waals surface area contributed by atoms with Crippen LogP contribution in [0.3, 0.4) is 0 Å². The molecular formula is C14H18O3. The molecule has 0 saturated heterocycles. The first-order chi connectivity index (χ1) is 8.15. The summed E-state index contributed by atoms with van der Waals surface area (Å²) in [4.78, 5) is 11.3. The fourth-order valence-corrected chi connectivity index (χ4v) is 1.43. The lowest BCUT2D eigenvalue weighted by Crippen LogP contribution is -2.05. The number of rotatable bonds is 5. The van der Waals surface area contributed by atoms with Crippen molar-refractivity contribution in [3.05, 3.63) is 47.5 Å². The van der Waals surface area contributed by atoms with Gasteiger partial charge in [-0.3, -0.25) is 0 Å². The van der Waals surface area contributed by atoms with Gasteiger partial charge in [0, 0.05) is 5.57 Å². The van der Waals surface area contributed by atoms with Crippen molar-refractivity contribution in [2.24, 2.45) is 0 Å². The van der Waals surface area contributed by atoms with E-state index in [1.807, 2.05) is 30.3 Å². The van der Waals surface area contributed by atoms with Crippen LogP contribution >= 0.6 is 0 Å². The highest BCUT2D eigenvalue weighted by atomic mass is 16.5. The molecule has 1 N–H and O–H groups in total. The van der Waals surface area contributed by atoms with Crippen molar-refractivity contribution in [1.29, 1.82) is 0 Å². The molecule has 1 rings (SSSR count). The van der Waals surface area contributed by atoms with Crippen molar-refractivity contribution in [2.45, 2.75) is 26.4 Å². The van der Waals surface area contributed by atoms with Gasteiger partial charge in [0.05, 0.1) is 12.7 Å². The molecular weight excluding hydrogens is 216 g/mol. The molecule has 1 aromatic rings. The summed E-state index contributed by atoms with van der Waals surface area (Å²) in [6.07, 6.45) is 1.53. The molecule has 0 aliphatic carbocycles. The molecule has 0 radical (unpaired) electrons. The third kappa shape index (κ3) is 4.41. The number of hydrogen-bond donors (Lipinski definition) is 1. The van der Waals surface area contributed by atoms with E-state index in [4.69, 9.17) is 4.74 Å². The van der Waals surface area contributed by atoms with Crippen LogP contribution in [0.5, 0.6) is 0 Å². The molecule has 0 fully saturated rings. The standard InChI is InChI=1S/C14H18O3/c1-3-17-14(16)11(2)9-10-13(15)12-7-5-4-6-8-12/h4-9,13,15H,3,10H2,1-2H3/b11-9+/t13-/m1/s1. The molecule has 0 aliphatic rings. The molecule has 1 atom stereocenters. The number of carbonyl (C=O) groups excluding carboxylic acids is 1. The number of esters is 1. The Balaban J connectivity index is 2.55. The fraction of sp³-hybridized carbons (Fsp3) is 0.357. The third-order valence-electron chi connectivity index (χ3n) is 2.43. The summed E-state index contributed by atoms with van der Waals surface area (Å²) in [6.45, 7) is 3.82. The minimum Gasteiger partial charge on any atom is -0.463 e. The molecule has 0 spiro atoms. The summed E-state index contributed by atoms with van der Waals surface area (Å²) in [5.74, 6) is -0.326. The van der Waals surface area contributed by atoms with Crippen LogP contribution in [0.2, 0.25) is 0 Å². The summed E-state index contributed by atoms with van der Waals surface area (Å²) >= 11 is 0. The first kappa shape index (κ1) is 13.5. The van der Waals surface area contributed by atoms with E-state index in [0.29, 0.717) is 18.6 Å². The molecule has 0 saturated carbocycles. The number of aliphatic hydroxyl groups excluding tert-OH is 1. The molecule has 3 heteroatoms. The van der Waals surface area contributed by atoms with Crippen LogP contribution in [0.1, 0.15) is 31.9 Å². The molecule has 0 heterocycles. The van der Waals surface area contributed by atoms with Crippen LogP contribution < -0.4 is 0 Å². The van der Waals surface area contributed by atoms with Gasteiger partial charge in [-0.1, -0.05) is 36.4 Å². The highest BCUT2D eigenvalue weighted by Gasteiger charge is 2.08. The molecule has 0 bridgehead atoms. The van der Waals surface area contributed by atoms with Crippen molar-refractivity contribution in [3.63, 3.8) is 0 Å². The minimum absolute atomic E-state index is 0.326. The molecule has 0 amide bonds. The monoisotopic (exact) mass is 234 g/mol. The molecule has 0 aromatic heterocycles. The van der Waals surface area contributed by atoms with E-state index in [1.54, 1.807) is 19.9 Å². The number of hydrogen-bond acceptors (Lipinski definition) is 3. The Morgan fingerprint density at radius 1 is 1.41 bits per heavy atom. The van der Waals surface area contributed by atoms with E-state index < -0.39 is 6.10 Å². The summed E-state index contributed by atoms with van der Waals surface area (Å²) in [6, 6.07) is 9.37. The molecule has 0 unspecified atom stereocenters. The quantitative estimate of drug-likeness (QED) is 0.629. The number of carbonyl (C=O) groups is 1. The normalized spacial score (nSPS) is 13.2. The van der Waals surface area contributed by atoms with Gasteiger partial charge in [0.1, 0.15) is 0 Å². The second kappa shape index (κ2) is 6.86. The van der Waals surface area contributed by atoms with E-state index in [1.165, 1.54) is 0 Å². The maximum Gasteiger partial charge on any atom is 0.333 e. The minimum atomic E-state index is -0.583. The Morgan fingerprint density at radius 3 is 2.65 bits per heavy atom. The average molecular weight is 234 g/mol. The topological polar surface area (TPSA) is 46.5 Å². The Hall–Kier alpha value is -1.61. The lowest BCUT2D eigenvalue weighted by molar-refractivity contribution is -0.138. The van der Waals surface area contributed by atoms with Gasteiger partial charge >= 0.3 is 5.97 Å². The van der Waals surface area contributed by atoms with Crippen LogP contribution in [0.15, 0.2) is 42.0 Å². The van der Waals surface area contributed by atoms with Gasteiger partial charge in [-0.15, -0.1) is 0 Å². The van der Waals surface area contributed by atoms with Gasteiger partial charge < -0.3 is 9.84 Å². The van der Waals surface area contributed by atoms with Crippen LogP contribution in [0, 0.1) is 0 Å². The van der Waals surface area contributed by atoms with Gasteiger partial charge in [-0.05, 0) is 25.8 Å². The van der Waals surface area contributed by atoms with Gasteiger partial charge in [0.2, 0.25) is 0 Å². The maximum atomic E-state index is 11.3. The summed E-state index contributed by atoms with van der Waals surface area (Å²) in [7, 11) is 0. The van der Waals surface area contributed by atoms with Crippen molar-refractivity contribution in [3.8, 4) is 0 Å². The summed E-state index contributed by atoms with van der Waals surface area (Å²) < 4.78 is 4.85. The van der Waals surface area contributed by atoms with Crippen LogP contribution in [-0.2, 0) is 9.53 Å². The average Bonchev–Trinajstić information content (AvgIpc) is 2.36. The van der Waals surface area contributed by atoms with Crippen molar-refractivity contribution in [2.75, 3.05) is 6.61 Å². The number of aliphatic hydroxyl groups is 1. The van der Waals surface area contributed by atoms with Crippen molar-refractivity contribution < 1.29 is 14.6 Å². The Bertz CT molecular complexity index is 382. The Morgan fingerprint density at radius 2 is 2.06 bits per heavy atom. The second-order valence-corrected chi connectivity index (χ2v) is 3.77. The largest absolute Gasteiger partial charge is 0.463 e. The third-order valence-corrected chi connectivity index (χ3v) is 2.43. The van der Waals surface area contributed by atoms with E-state index >= 15 is 0 Å². The molecule has 0 aliphatic heterocycles. The Kier molecular flexibility index (Phi) is 5.43. The highest BCUT2D eigenvalue weighted by molar-refractivity contribution is 5.87. The zero-order valence-electron chi connectivity index (χ0n) is 10.2. The molecule has 17 heavy (non-hydrogen) atoms. The van der Waals surface area contributed by atoms with Crippen LogP contribution in [0.25, 0.3) is 0 Å². The first-order valence-electron chi connectivity index (χ1n) is 5.72. The van der Waals surface area contributed by atoms with Gasteiger partial charge in [-0.25, -0.2) is 4.79 Å². The van der Waals surface area contributed by atoms with Crippen LogP contribution in [-0.4, -0.2) is 17.7 Å². The van der Waals surface area contributed by atoms with Crippen molar-refractivity contribution in [1.82, 2.24) is 0 Å². The zero-order chi connectivity index (χ0) is 12.7. The predicted molar refractivity (Wildman–Crippen MR) is 66.4 cm³/mol. The fourth-order valence-electron chi connectivity index (χ4n) is 1.43. The van der Waals surface area contributed by atoms with E-state index in [-0.39, 0.29) is 5.97 Å². The highest BCUT2D eigenvalue weighted by Crippen LogP contribution is 2.17. The summed E-state index contributed by atoms with van der Waals surface area (Å²) in [5, 5.41) is 9.88. The van der Waals surface area contributed by atoms with E-state index in [2.05, 4.69) is 0 Å². The Labute approximate surface area is 102 Å². The van der Waals surface area contributed by atoms with E-state index in [0.717, 1.165) is 5.56 Å². The lowest BCUT2D eigenvalue weighted by atomic mass is 10.1. The van der Waals surface area contributed by atoms with Crippen LogP contribution in [0.4, 0.5) is 0 Å². The predicted octanol–water partition coefficient (Wildman–Crippen LogP) is 2.62. The second-order valence-electron chi connectivity index (χ2n) is 3.77. The van der Waals surface area contributed by atoms with Gasteiger partial charge in [0.15, 0.2) is 0 Å². The summed E-state index contributed by atoms with van der Waals surface area (Å²) in [5.41, 5.74) is 1.38.